The number of nitrogens with one attached hydrogen (secondary N) is 3. The number of amides is 2. The fraction of sp³-hybridized carbons (Fsp3) is 0.167. The highest BCUT2D eigenvalue weighted by Crippen LogP contribution is 2.20. The lowest BCUT2D eigenvalue weighted by Gasteiger charge is -2.15. The first kappa shape index (κ1) is 22.3. The van der Waals surface area contributed by atoms with Gasteiger partial charge in [-0.05, 0) is 61.0 Å². The molecule has 0 fully saturated rings. The minimum absolute atomic E-state index is 0.0309. The Morgan fingerprint density at radius 1 is 0.935 bits per heavy atom. The molecule has 0 radical (unpaired) electrons. The molecule has 0 bridgehead atoms. The Morgan fingerprint density at radius 2 is 1.61 bits per heavy atom. The monoisotopic (exact) mass is 437 g/mol. The molecule has 2 amide bonds. The fourth-order valence-electron chi connectivity index (χ4n) is 2.97. The number of benzene rings is 3. The van der Waals surface area contributed by atoms with Crippen molar-refractivity contribution in [3.05, 3.63) is 88.9 Å². The molecular formula is C24H24ClN3O3. The van der Waals surface area contributed by atoms with Crippen LogP contribution in [0, 0.1) is 0 Å². The Labute approximate surface area is 186 Å². The molecule has 0 spiro atoms. The van der Waals surface area contributed by atoms with E-state index in [4.69, 9.17) is 16.3 Å². The predicted octanol–water partition coefficient (Wildman–Crippen LogP) is 4.89. The summed E-state index contributed by atoms with van der Waals surface area (Å²) in [7, 11) is 1.58. The second-order valence-electron chi connectivity index (χ2n) is 6.93. The van der Waals surface area contributed by atoms with E-state index in [1.54, 1.807) is 55.6 Å². The highest BCUT2D eigenvalue weighted by atomic mass is 35.5. The number of carbonyl (C=O) groups excluding carboxylic acids is 2. The van der Waals surface area contributed by atoms with Crippen molar-refractivity contribution in [1.82, 2.24) is 5.32 Å². The van der Waals surface area contributed by atoms with Crippen molar-refractivity contribution in [1.29, 1.82) is 0 Å². The van der Waals surface area contributed by atoms with Gasteiger partial charge in [-0.15, -0.1) is 0 Å². The number of hydrogen-bond acceptors (Lipinski definition) is 4. The zero-order valence-corrected chi connectivity index (χ0v) is 18.1. The maximum absolute atomic E-state index is 12.7. The molecule has 0 saturated carbocycles. The summed E-state index contributed by atoms with van der Waals surface area (Å²) in [6.07, 6.45) is 0. The Balaban J connectivity index is 1.60. The second-order valence-corrected chi connectivity index (χ2v) is 7.37. The van der Waals surface area contributed by atoms with Crippen molar-refractivity contribution in [3.8, 4) is 5.75 Å². The van der Waals surface area contributed by atoms with E-state index in [0.717, 1.165) is 5.56 Å². The highest BCUT2D eigenvalue weighted by Gasteiger charge is 2.14. The number of rotatable bonds is 8. The molecule has 0 aliphatic heterocycles. The fourth-order valence-corrected chi connectivity index (χ4v) is 3.10. The molecule has 3 aromatic rings. The number of methoxy groups -OCH3 is 1. The van der Waals surface area contributed by atoms with E-state index >= 15 is 0 Å². The van der Waals surface area contributed by atoms with E-state index in [-0.39, 0.29) is 24.4 Å². The van der Waals surface area contributed by atoms with E-state index in [9.17, 15) is 9.59 Å². The number of hydrogen-bond donors (Lipinski definition) is 3. The Morgan fingerprint density at radius 3 is 2.29 bits per heavy atom. The highest BCUT2D eigenvalue weighted by molar-refractivity contribution is 6.30. The van der Waals surface area contributed by atoms with E-state index < -0.39 is 0 Å². The largest absolute Gasteiger partial charge is 0.497 e. The van der Waals surface area contributed by atoms with Crippen LogP contribution in [-0.2, 0) is 4.79 Å². The lowest BCUT2D eigenvalue weighted by atomic mass is 10.1. The molecule has 6 nitrogen and oxygen atoms in total. The molecule has 3 N–H and O–H groups in total. The zero-order chi connectivity index (χ0) is 22.2. The smallest absolute Gasteiger partial charge is 0.257 e. The minimum atomic E-state index is -0.316. The molecule has 0 aliphatic carbocycles. The van der Waals surface area contributed by atoms with Crippen LogP contribution >= 0.6 is 11.6 Å². The quantitative estimate of drug-likeness (QED) is 0.468. The SMILES string of the molecule is COc1ccc(NC(=O)c2ccccc2NC(=O)CN[C@@H](C)c2ccc(Cl)cc2)cc1. The van der Waals surface area contributed by atoms with Crippen molar-refractivity contribution in [2.45, 2.75) is 13.0 Å². The number of carbonyl (C=O) groups is 2. The van der Waals surface area contributed by atoms with Crippen LogP contribution in [0.2, 0.25) is 5.02 Å². The summed E-state index contributed by atoms with van der Waals surface area (Å²) in [6.45, 7) is 2.06. The van der Waals surface area contributed by atoms with Gasteiger partial charge in [0.1, 0.15) is 5.75 Å². The molecule has 0 unspecified atom stereocenters. The summed E-state index contributed by atoms with van der Waals surface area (Å²) < 4.78 is 5.12. The lowest BCUT2D eigenvalue weighted by molar-refractivity contribution is -0.115. The van der Waals surface area contributed by atoms with Crippen molar-refractivity contribution in [2.75, 3.05) is 24.3 Å². The molecule has 0 saturated heterocycles. The van der Waals surface area contributed by atoms with Crippen LogP contribution < -0.4 is 20.7 Å². The summed E-state index contributed by atoms with van der Waals surface area (Å²) in [4.78, 5) is 25.2. The summed E-state index contributed by atoms with van der Waals surface area (Å²) >= 11 is 5.92. The van der Waals surface area contributed by atoms with E-state index in [1.165, 1.54) is 0 Å². The second kappa shape index (κ2) is 10.6. The van der Waals surface area contributed by atoms with Gasteiger partial charge in [0.05, 0.1) is 24.9 Å². The average molecular weight is 438 g/mol. The number of halogens is 1. The molecule has 3 aromatic carbocycles. The molecule has 0 aliphatic rings. The molecule has 7 heteroatoms. The first-order valence-electron chi connectivity index (χ1n) is 9.79. The predicted molar refractivity (Wildman–Crippen MR) is 124 cm³/mol. The Hall–Kier alpha value is -3.35. The van der Waals surface area contributed by atoms with Crippen LogP contribution in [0.3, 0.4) is 0 Å². The lowest BCUT2D eigenvalue weighted by Crippen LogP contribution is -2.30. The molecule has 1 atom stereocenters. The third kappa shape index (κ3) is 6.31. The molecule has 3 rings (SSSR count). The Kier molecular flexibility index (Phi) is 7.65. The van der Waals surface area contributed by atoms with Gasteiger partial charge in [0, 0.05) is 16.8 Å². The summed E-state index contributed by atoms with van der Waals surface area (Å²) in [6, 6.07) is 21.3. The van der Waals surface area contributed by atoms with E-state index in [1.807, 2.05) is 31.2 Å². The van der Waals surface area contributed by atoms with Gasteiger partial charge < -0.3 is 20.7 Å². The normalized spacial score (nSPS) is 11.5. The molecule has 31 heavy (non-hydrogen) atoms. The van der Waals surface area contributed by atoms with Crippen molar-refractivity contribution < 1.29 is 14.3 Å². The van der Waals surface area contributed by atoms with Gasteiger partial charge in [-0.1, -0.05) is 35.9 Å². The van der Waals surface area contributed by atoms with E-state index in [0.29, 0.717) is 27.7 Å². The first-order valence-corrected chi connectivity index (χ1v) is 10.2. The van der Waals surface area contributed by atoms with Gasteiger partial charge in [0.2, 0.25) is 5.91 Å². The van der Waals surface area contributed by atoms with Gasteiger partial charge in [0.25, 0.3) is 5.91 Å². The molecule has 0 aromatic heterocycles. The van der Waals surface area contributed by atoms with Crippen LogP contribution in [0.25, 0.3) is 0 Å². The molecular weight excluding hydrogens is 414 g/mol. The first-order chi connectivity index (χ1) is 15.0. The summed E-state index contributed by atoms with van der Waals surface area (Å²) in [5.74, 6) is 0.139. The summed E-state index contributed by atoms with van der Waals surface area (Å²) in [5.41, 5.74) is 2.47. The topological polar surface area (TPSA) is 79.5 Å². The van der Waals surface area contributed by atoms with Gasteiger partial charge in [0.15, 0.2) is 0 Å². The Bertz CT molecular complexity index is 1040. The van der Waals surface area contributed by atoms with Crippen LogP contribution in [-0.4, -0.2) is 25.5 Å². The van der Waals surface area contributed by atoms with Crippen LogP contribution in [0.4, 0.5) is 11.4 Å². The van der Waals surface area contributed by atoms with Crippen LogP contribution in [0.1, 0.15) is 28.9 Å². The maximum Gasteiger partial charge on any atom is 0.257 e. The standard InChI is InChI=1S/C24H24ClN3O3/c1-16(17-7-9-18(25)10-8-17)26-15-23(29)28-22-6-4-3-5-21(22)24(30)27-19-11-13-20(31-2)14-12-19/h3-14,16,26H,15H2,1-2H3,(H,27,30)(H,28,29)/t16-/m0/s1. The van der Waals surface area contributed by atoms with Gasteiger partial charge >= 0.3 is 0 Å². The zero-order valence-electron chi connectivity index (χ0n) is 17.3. The third-order valence-corrected chi connectivity index (χ3v) is 4.98. The minimum Gasteiger partial charge on any atom is -0.497 e. The van der Waals surface area contributed by atoms with Crippen molar-refractivity contribution in [3.63, 3.8) is 0 Å². The molecule has 0 heterocycles. The molecule has 160 valence electrons. The van der Waals surface area contributed by atoms with Gasteiger partial charge in [-0.2, -0.15) is 0 Å². The summed E-state index contributed by atoms with van der Waals surface area (Å²) in [5, 5.41) is 9.47. The number of ether oxygens (including phenoxy) is 1. The van der Waals surface area contributed by atoms with E-state index in [2.05, 4.69) is 16.0 Å². The van der Waals surface area contributed by atoms with Gasteiger partial charge in [-0.25, -0.2) is 0 Å². The van der Waals surface area contributed by atoms with Crippen LogP contribution in [0.15, 0.2) is 72.8 Å². The third-order valence-electron chi connectivity index (χ3n) is 4.73. The average Bonchev–Trinajstić information content (AvgIpc) is 2.79. The van der Waals surface area contributed by atoms with Crippen molar-refractivity contribution >= 4 is 34.8 Å². The number of para-hydroxylation sites is 1. The van der Waals surface area contributed by atoms with Crippen LogP contribution in [0.5, 0.6) is 5.75 Å². The van der Waals surface area contributed by atoms with Crippen molar-refractivity contribution in [2.24, 2.45) is 0 Å². The number of anilines is 2. The van der Waals surface area contributed by atoms with Gasteiger partial charge in [-0.3, -0.25) is 9.59 Å². The maximum atomic E-state index is 12.7.